The molecule has 1 aromatic heterocycles. The van der Waals surface area contributed by atoms with E-state index in [9.17, 15) is 0 Å². The van der Waals surface area contributed by atoms with E-state index in [0.717, 1.165) is 17.8 Å². The Morgan fingerprint density at radius 2 is 2.20 bits per heavy atom. The van der Waals surface area contributed by atoms with Crippen LogP contribution in [0.1, 0.15) is 12.5 Å². The van der Waals surface area contributed by atoms with Crippen LogP contribution in [0.3, 0.4) is 0 Å². The van der Waals surface area contributed by atoms with Gasteiger partial charge in [-0.15, -0.1) is 5.10 Å². The van der Waals surface area contributed by atoms with E-state index in [1.807, 2.05) is 23.7 Å². The van der Waals surface area contributed by atoms with Crippen LogP contribution in [-0.4, -0.2) is 15.0 Å². The van der Waals surface area contributed by atoms with Crippen molar-refractivity contribution in [3.05, 3.63) is 29.8 Å². The normalized spacial score (nSPS) is 10.5. The molecule has 0 spiro atoms. The van der Waals surface area contributed by atoms with Crippen LogP contribution in [0.2, 0.25) is 0 Å². The number of hydrogen-bond acceptors (Lipinski definition) is 3. The monoisotopic (exact) mass is 202 g/mol. The van der Waals surface area contributed by atoms with Crippen LogP contribution in [0, 0.1) is 6.92 Å². The summed E-state index contributed by atoms with van der Waals surface area (Å²) in [6.45, 7) is 4.85. The molecule has 0 atom stereocenters. The maximum Gasteiger partial charge on any atom is 0.174 e. The molecule has 1 heterocycles. The SMILES string of the molecule is CCn1nnc(N)c1-c1cccc(C)c1. The summed E-state index contributed by atoms with van der Waals surface area (Å²) in [6, 6.07) is 8.17. The summed E-state index contributed by atoms with van der Waals surface area (Å²) in [5.41, 5.74) is 8.98. The van der Waals surface area contributed by atoms with E-state index >= 15 is 0 Å². The Balaban J connectivity index is 2.57. The Bertz CT molecular complexity index is 473. The first-order chi connectivity index (χ1) is 7.22. The predicted molar refractivity (Wildman–Crippen MR) is 60.3 cm³/mol. The second-order valence-corrected chi connectivity index (χ2v) is 3.51. The zero-order valence-electron chi connectivity index (χ0n) is 8.94. The third-order valence-corrected chi connectivity index (χ3v) is 2.35. The lowest BCUT2D eigenvalue weighted by Crippen LogP contribution is -2.00. The summed E-state index contributed by atoms with van der Waals surface area (Å²) in [5, 5.41) is 7.87. The highest BCUT2D eigenvalue weighted by Crippen LogP contribution is 2.24. The van der Waals surface area contributed by atoms with Gasteiger partial charge in [0.05, 0.1) is 0 Å². The van der Waals surface area contributed by atoms with Crippen LogP contribution >= 0.6 is 0 Å². The standard InChI is InChI=1S/C11H14N4/c1-3-15-10(11(12)13-14-15)9-6-4-5-8(2)7-9/h4-7H,3,12H2,1-2H3. The molecule has 0 unspecified atom stereocenters. The van der Waals surface area contributed by atoms with Crippen molar-refractivity contribution >= 4 is 5.82 Å². The first kappa shape index (κ1) is 9.71. The molecule has 4 heteroatoms. The van der Waals surface area contributed by atoms with Gasteiger partial charge in [0.2, 0.25) is 0 Å². The van der Waals surface area contributed by atoms with Gasteiger partial charge >= 0.3 is 0 Å². The van der Waals surface area contributed by atoms with Crippen molar-refractivity contribution in [2.45, 2.75) is 20.4 Å². The van der Waals surface area contributed by atoms with Crippen molar-refractivity contribution in [2.24, 2.45) is 0 Å². The van der Waals surface area contributed by atoms with Crippen molar-refractivity contribution in [1.29, 1.82) is 0 Å². The van der Waals surface area contributed by atoms with E-state index in [1.54, 1.807) is 0 Å². The molecule has 0 aliphatic carbocycles. The lowest BCUT2D eigenvalue weighted by atomic mass is 10.1. The smallest absolute Gasteiger partial charge is 0.174 e. The maximum absolute atomic E-state index is 5.80. The van der Waals surface area contributed by atoms with Crippen molar-refractivity contribution in [3.63, 3.8) is 0 Å². The third-order valence-electron chi connectivity index (χ3n) is 2.35. The summed E-state index contributed by atoms with van der Waals surface area (Å²) < 4.78 is 1.81. The average Bonchev–Trinajstić information content (AvgIpc) is 2.59. The summed E-state index contributed by atoms with van der Waals surface area (Å²) in [6.07, 6.45) is 0. The molecule has 0 radical (unpaired) electrons. The second-order valence-electron chi connectivity index (χ2n) is 3.51. The molecular formula is C11H14N4. The zero-order valence-corrected chi connectivity index (χ0v) is 8.94. The van der Waals surface area contributed by atoms with E-state index in [1.165, 1.54) is 5.56 Å². The van der Waals surface area contributed by atoms with Crippen LogP contribution in [0.15, 0.2) is 24.3 Å². The number of aryl methyl sites for hydroxylation is 2. The van der Waals surface area contributed by atoms with E-state index in [0.29, 0.717) is 5.82 Å². The maximum atomic E-state index is 5.80. The first-order valence-corrected chi connectivity index (χ1v) is 4.98. The van der Waals surface area contributed by atoms with Crippen molar-refractivity contribution in [2.75, 3.05) is 5.73 Å². The Hall–Kier alpha value is -1.84. The quantitative estimate of drug-likeness (QED) is 0.808. The van der Waals surface area contributed by atoms with Crippen LogP contribution < -0.4 is 5.73 Å². The van der Waals surface area contributed by atoms with Gasteiger partial charge in [-0.05, 0) is 19.9 Å². The fourth-order valence-corrected chi connectivity index (χ4v) is 1.64. The lowest BCUT2D eigenvalue weighted by Gasteiger charge is -2.04. The lowest BCUT2D eigenvalue weighted by molar-refractivity contribution is 0.633. The number of nitrogens with zero attached hydrogens (tertiary/aromatic N) is 3. The summed E-state index contributed by atoms with van der Waals surface area (Å²) >= 11 is 0. The Kier molecular flexibility index (Phi) is 2.41. The molecule has 0 aliphatic rings. The predicted octanol–water partition coefficient (Wildman–Crippen LogP) is 1.86. The minimum Gasteiger partial charge on any atom is -0.380 e. The van der Waals surface area contributed by atoms with Gasteiger partial charge in [-0.1, -0.05) is 29.0 Å². The van der Waals surface area contributed by atoms with Gasteiger partial charge in [-0.2, -0.15) is 0 Å². The number of aromatic nitrogens is 3. The molecule has 15 heavy (non-hydrogen) atoms. The topological polar surface area (TPSA) is 56.7 Å². The van der Waals surface area contributed by atoms with Gasteiger partial charge in [0, 0.05) is 12.1 Å². The Labute approximate surface area is 88.7 Å². The molecule has 0 aliphatic heterocycles. The molecule has 4 nitrogen and oxygen atoms in total. The largest absolute Gasteiger partial charge is 0.380 e. The Morgan fingerprint density at radius 1 is 1.40 bits per heavy atom. The van der Waals surface area contributed by atoms with Gasteiger partial charge in [-0.3, -0.25) is 0 Å². The highest BCUT2D eigenvalue weighted by molar-refractivity contribution is 5.70. The Morgan fingerprint density at radius 3 is 2.87 bits per heavy atom. The minimum absolute atomic E-state index is 0.488. The molecule has 78 valence electrons. The highest BCUT2D eigenvalue weighted by atomic mass is 15.4. The van der Waals surface area contributed by atoms with Gasteiger partial charge in [-0.25, -0.2) is 4.68 Å². The van der Waals surface area contributed by atoms with Crippen molar-refractivity contribution < 1.29 is 0 Å². The summed E-state index contributed by atoms with van der Waals surface area (Å²) in [4.78, 5) is 0. The number of anilines is 1. The van der Waals surface area contributed by atoms with Gasteiger partial charge < -0.3 is 5.73 Å². The summed E-state index contributed by atoms with van der Waals surface area (Å²) in [5.74, 6) is 0.488. The van der Waals surface area contributed by atoms with Crippen LogP contribution in [0.5, 0.6) is 0 Å². The van der Waals surface area contributed by atoms with E-state index < -0.39 is 0 Å². The third kappa shape index (κ3) is 1.70. The zero-order chi connectivity index (χ0) is 10.8. The second kappa shape index (κ2) is 3.73. The molecule has 0 amide bonds. The molecule has 1 aromatic carbocycles. The highest BCUT2D eigenvalue weighted by Gasteiger charge is 2.10. The molecule has 2 aromatic rings. The van der Waals surface area contributed by atoms with E-state index in [-0.39, 0.29) is 0 Å². The first-order valence-electron chi connectivity index (χ1n) is 4.98. The molecule has 0 fully saturated rings. The van der Waals surface area contributed by atoms with Gasteiger partial charge in [0.15, 0.2) is 5.82 Å². The fraction of sp³-hybridized carbons (Fsp3) is 0.273. The number of hydrogen-bond donors (Lipinski definition) is 1. The van der Waals surface area contributed by atoms with E-state index in [2.05, 4.69) is 29.4 Å². The number of rotatable bonds is 2. The molecule has 2 N–H and O–H groups in total. The summed E-state index contributed by atoms with van der Waals surface area (Å²) in [7, 11) is 0. The number of nitrogens with two attached hydrogens (primary N) is 1. The molecule has 0 saturated heterocycles. The van der Waals surface area contributed by atoms with Gasteiger partial charge in [0.25, 0.3) is 0 Å². The number of benzene rings is 1. The number of nitrogen functional groups attached to an aromatic ring is 1. The van der Waals surface area contributed by atoms with E-state index in [4.69, 9.17) is 5.73 Å². The van der Waals surface area contributed by atoms with Crippen molar-refractivity contribution in [1.82, 2.24) is 15.0 Å². The van der Waals surface area contributed by atoms with Crippen LogP contribution in [0.4, 0.5) is 5.82 Å². The molecule has 0 bridgehead atoms. The van der Waals surface area contributed by atoms with Crippen LogP contribution in [-0.2, 0) is 6.54 Å². The van der Waals surface area contributed by atoms with Crippen molar-refractivity contribution in [3.8, 4) is 11.3 Å². The van der Waals surface area contributed by atoms with Crippen LogP contribution in [0.25, 0.3) is 11.3 Å². The van der Waals surface area contributed by atoms with Gasteiger partial charge in [0.1, 0.15) is 5.69 Å². The minimum atomic E-state index is 0.488. The molecule has 2 rings (SSSR count). The molecule has 0 saturated carbocycles. The average molecular weight is 202 g/mol. The fourth-order valence-electron chi connectivity index (χ4n) is 1.64. The molecular weight excluding hydrogens is 188 g/mol.